The maximum Gasteiger partial charge on any atom is 0.230 e. The summed E-state index contributed by atoms with van der Waals surface area (Å²) in [6.45, 7) is 4.95. The van der Waals surface area contributed by atoms with E-state index < -0.39 is 0 Å². The van der Waals surface area contributed by atoms with Crippen LogP contribution in [0, 0.1) is 0 Å². The van der Waals surface area contributed by atoms with Gasteiger partial charge in [0.25, 0.3) is 0 Å². The summed E-state index contributed by atoms with van der Waals surface area (Å²) in [5.74, 6) is 2.38. The zero-order valence-electron chi connectivity index (χ0n) is 17.4. The van der Waals surface area contributed by atoms with Crippen molar-refractivity contribution in [1.29, 1.82) is 0 Å². The van der Waals surface area contributed by atoms with E-state index in [0.29, 0.717) is 18.3 Å². The lowest BCUT2D eigenvalue weighted by Crippen LogP contribution is -2.50. The van der Waals surface area contributed by atoms with Gasteiger partial charge in [0.2, 0.25) is 17.6 Å². The van der Waals surface area contributed by atoms with Gasteiger partial charge in [-0.1, -0.05) is 29.4 Å². The molecule has 0 saturated carbocycles. The van der Waals surface area contributed by atoms with Gasteiger partial charge in [-0.15, -0.1) is 11.3 Å². The minimum atomic E-state index is -0.0773. The summed E-state index contributed by atoms with van der Waals surface area (Å²) in [5, 5.41) is 6.08. The van der Waals surface area contributed by atoms with Crippen LogP contribution in [0.15, 0.2) is 46.3 Å². The molecule has 1 atom stereocenters. The molecule has 162 valence electrons. The van der Waals surface area contributed by atoms with Crippen LogP contribution in [-0.2, 0) is 11.2 Å². The van der Waals surface area contributed by atoms with Crippen molar-refractivity contribution >= 4 is 17.2 Å². The third-order valence-corrected chi connectivity index (χ3v) is 6.88. The molecular weight excluding hydrogens is 412 g/mol. The fourth-order valence-electron chi connectivity index (χ4n) is 4.33. The topological polar surface area (TPSA) is 71.7 Å². The molecule has 2 aliphatic rings. The Morgan fingerprint density at radius 3 is 2.84 bits per heavy atom. The van der Waals surface area contributed by atoms with Gasteiger partial charge in [-0.25, -0.2) is 0 Å². The normalized spacial score (nSPS) is 19.1. The van der Waals surface area contributed by atoms with Gasteiger partial charge in [-0.3, -0.25) is 9.69 Å². The largest absolute Gasteiger partial charge is 0.493 e. The number of hydrogen-bond acceptors (Lipinski definition) is 7. The Balaban J connectivity index is 1.08. The summed E-state index contributed by atoms with van der Waals surface area (Å²) >= 11 is 1.61. The summed E-state index contributed by atoms with van der Waals surface area (Å²) in [4.78, 5) is 23.1. The molecule has 5 rings (SSSR count). The fraction of sp³-hybridized carbons (Fsp3) is 0.435. The smallest absolute Gasteiger partial charge is 0.230 e. The summed E-state index contributed by atoms with van der Waals surface area (Å²) in [5.41, 5.74) is 1.03. The first-order valence-corrected chi connectivity index (χ1v) is 11.8. The van der Waals surface area contributed by atoms with Crippen molar-refractivity contribution in [3.63, 3.8) is 0 Å². The van der Waals surface area contributed by atoms with Crippen LogP contribution in [-0.4, -0.2) is 65.2 Å². The lowest BCUT2D eigenvalue weighted by atomic mass is 9.91. The predicted octanol–water partition coefficient (Wildman–Crippen LogP) is 3.44. The number of thiophene rings is 1. The SMILES string of the molecule is O=C(C1CCOc2ccccc21)N1CCN(CCCc2nc(-c3cccs3)no2)CC1. The molecule has 2 aromatic heterocycles. The minimum absolute atomic E-state index is 0.0773. The molecule has 0 spiro atoms. The number of aryl methyl sites for hydroxylation is 1. The average molecular weight is 439 g/mol. The second-order valence-electron chi connectivity index (χ2n) is 7.99. The van der Waals surface area contributed by atoms with Gasteiger partial charge in [-0.2, -0.15) is 4.98 Å². The lowest BCUT2D eigenvalue weighted by Gasteiger charge is -2.37. The summed E-state index contributed by atoms with van der Waals surface area (Å²) in [6.07, 6.45) is 2.50. The van der Waals surface area contributed by atoms with E-state index in [2.05, 4.69) is 15.0 Å². The van der Waals surface area contributed by atoms with E-state index >= 15 is 0 Å². The number of rotatable bonds is 6. The van der Waals surface area contributed by atoms with Crippen molar-refractivity contribution < 1.29 is 14.1 Å². The van der Waals surface area contributed by atoms with E-state index in [1.165, 1.54) is 0 Å². The first kappa shape index (κ1) is 20.2. The molecule has 1 fully saturated rings. The molecule has 0 N–H and O–H groups in total. The Kier molecular flexibility index (Phi) is 5.99. The van der Waals surface area contributed by atoms with Crippen LogP contribution in [0.25, 0.3) is 10.7 Å². The van der Waals surface area contributed by atoms with Crippen LogP contribution in [0.2, 0.25) is 0 Å². The fourth-order valence-corrected chi connectivity index (χ4v) is 4.98. The van der Waals surface area contributed by atoms with Gasteiger partial charge in [0, 0.05) is 38.2 Å². The van der Waals surface area contributed by atoms with Gasteiger partial charge < -0.3 is 14.2 Å². The summed E-state index contributed by atoms with van der Waals surface area (Å²) in [7, 11) is 0. The first-order valence-electron chi connectivity index (χ1n) is 10.9. The standard InChI is InChI=1S/C23H26N4O3S/c28-23(18-9-15-29-19-6-2-1-5-17(18)19)27-13-11-26(12-14-27)10-3-8-21-24-22(25-30-21)20-7-4-16-31-20/h1-2,4-7,16,18H,3,8-15H2. The van der Waals surface area contributed by atoms with Crippen LogP contribution in [0.4, 0.5) is 0 Å². The molecule has 3 aromatic rings. The Morgan fingerprint density at radius 1 is 1.13 bits per heavy atom. The number of carbonyl (C=O) groups is 1. The second-order valence-corrected chi connectivity index (χ2v) is 8.93. The highest BCUT2D eigenvalue weighted by Gasteiger charge is 2.32. The highest BCUT2D eigenvalue weighted by atomic mass is 32.1. The van der Waals surface area contributed by atoms with E-state index in [0.717, 1.165) is 68.2 Å². The number of fused-ring (bicyclic) bond motifs is 1. The molecule has 1 unspecified atom stereocenters. The van der Waals surface area contributed by atoms with Gasteiger partial charge >= 0.3 is 0 Å². The lowest BCUT2D eigenvalue weighted by molar-refractivity contribution is -0.135. The molecule has 1 aromatic carbocycles. The molecule has 7 nitrogen and oxygen atoms in total. The molecule has 1 amide bonds. The molecule has 0 aliphatic carbocycles. The van der Waals surface area contributed by atoms with E-state index in [1.54, 1.807) is 11.3 Å². The van der Waals surface area contributed by atoms with Crippen LogP contribution >= 0.6 is 11.3 Å². The molecule has 4 heterocycles. The van der Waals surface area contributed by atoms with Gasteiger partial charge in [0.15, 0.2) is 0 Å². The molecule has 0 bridgehead atoms. The number of nitrogens with zero attached hydrogens (tertiary/aromatic N) is 4. The van der Waals surface area contributed by atoms with E-state index in [9.17, 15) is 4.79 Å². The van der Waals surface area contributed by atoms with E-state index in [4.69, 9.17) is 9.26 Å². The highest BCUT2D eigenvalue weighted by molar-refractivity contribution is 7.13. The van der Waals surface area contributed by atoms with E-state index in [1.807, 2.05) is 46.7 Å². The number of ether oxygens (including phenoxy) is 1. The van der Waals surface area contributed by atoms with Gasteiger partial charge in [-0.05, 0) is 36.9 Å². The maximum absolute atomic E-state index is 13.1. The average Bonchev–Trinajstić information content (AvgIpc) is 3.51. The Labute approximate surface area is 185 Å². The maximum atomic E-state index is 13.1. The molecule has 2 aliphatic heterocycles. The summed E-state index contributed by atoms with van der Waals surface area (Å²) in [6, 6.07) is 11.9. The van der Waals surface area contributed by atoms with Crippen molar-refractivity contribution in [3.8, 4) is 16.5 Å². The van der Waals surface area contributed by atoms with Crippen molar-refractivity contribution in [2.45, 2.75) is 25.2 Å². The molecule has 8 heteroatoms. The van der Waals surface area contributed by atoms with Crippen molar-refractivity contribution in [3.05, 3.63) is 53.2 Å². The van der Waals surface area contributed by atoms with Gasteiger partial charge in [0.1, 0.15) is 5.75 Å². The third-order valence-electron chi connectivity index (χ3n) is 6.02. The van der Waals surface area contributed by atoms with Crippen molar-refractivity contribution in [2.75, 3.05) is 39.3 Å². The van der Waals surface area contributed by atoms with Crippen molar-refractivity contribution in [1.82, 2.24) is 19.9 Å². The Bertz CT molecular complexity index is 1010. The summed E-state index contributed by atoms with van der Waals surface area (Å²) < 4.78 is 11.1. The number of hydrogen-bond donors (Lipinski definition) is 0. The zero-order chi connectivity index (χ0) is 21.0. The minimum Gasteiger partial charge on any atom is -0.493 e. The van der Waals surface area contributed by atoms with E-state index in [-0.39, 0.29) is 11.8 Å². The molecule has 0 radical (unpaired) electrons. The van der Waals surface area contributed by atoms with Crippen LogP contribution in [0.1, 0.15) is 30.2 Å². The number of para-hydroxylation sites is 1. The molecule has 31 heavy (non-hydrogen) atoms. The molecule has 1 saturated heterocycles. The number of benzene rings is 1. The Hall–Kier alpha value is -2.71. The van der Waals surface area contributed by atoms with Crippen LogP contribution in [0.5, 0.6) is 5.75 Å². The first-order chi connectivity index (χ1) is 15.3. The van der Waals surface area contributed by atoms with Crippen LogP contribution < -0.4 is 4.74 Å². The number of amides is 1. The number of carbonyl (C=O) groups excluding carboxylic acids is 1. The monoisotopic (exact) mass is 438 g/mol. The van der Waals surface area contributed by atoms with Gasteiger partial charge in [0.05, 0.1) is 17.4 Å². The highest BCUT2D eigenvalue weighted by Crippen LogP contribution is 2.34. The molecular formula is C23H26N4O3S. The van der Waals surface area contributed by atoms with Crippen LogP contribution in [0.3, 0.4) is 0 Å². The quantitative estimate of drug-likeness (QED) is 0.587. The zero-order valence-corrected chi connectivity index (χ0v) is 18.2. The third kappa shape index (κ3) is 4.50. The second kappa shape index (κ2) is 9.20. The predicted molar refractivity (Wildman–Crippen MR) is 118 cm³/mol. The Morgan fingerprint density at radius 2 is 2.00 bits per heavy atom. The number of piperazine rings is 1. The van der Waals surface area contributed by atoms with Crippen molar-refractivity contribution in [2.24, 2.45) is 0 Å². The number of aromatic nitrogens is 2.